The highest BCUT2D eigenvalue weighted by molar-refractivity contribution is 7.03. The maximum Gasteiger partial charge on any atom is 0.262 e. The monoisotopic (exact) mass is 338 g/mol. The highest BCUT2D eigenvalue weighted by Crippen LogP contribution is 2.24. The normalized spacial score (nSPS) is 11.9. The Hall–Kier alpha value is -1.69. The molecule has 0 saturated heterocycles. The second-order valence-corrected chi connectivity index (χ2v) is 13.5. The van der Waals surface area contributed by atoms with E-state index in [0.717, 1.165) is 12.1 Å². The molecule has 0 aliphatic heterocycles. The van der Waals surface area contributed by atoms with E-state index in [1.165, 1.54) is 10.4 Å². The lowest BCUT2D eigenvalue weighted by molar-refractivity contribution is 0.566. The summed E-state index contributed by atoms with van der Waals surface area (Å²) >= 11 is 0. The molecule has 2 aromatic carbocycles. The van der Waals surface area contributed by atoms with Crippen LogP contribution in [0.3, 0.4) is 0 Å². The maximum absolute atomic E-state index is 7.04. The van der Waals surface area contributed by atoms with Crippen LogP contribution in [0.4, 0.5) is 0 Å². The van der Waals surface area contributed by atoms with Gasteiger partial charge < -0.3 is 4.12 Å². The molecule has 0 atom stereocenters. The zero-order chi connectivity index (χ0) is 16.8. The minimum atomic E-state index is -2.39. The molecule has 0 spiro atoms. The fourth-order valence-electron chi connectivity index (χ4n) is 3.09. The van der Waals surface area contributed by atoms with Crippen molar-refractivity contribution in [3.63, 3.8) is 0 Å². The molecule has 0 radical (unpaired) electrons. The summed E-state index contributed by atoms with van der Waals surface area (Å²) in [4.78, 5) is 0. The highest BCUT2D eigenvalue weighted by Gasteiger charge is 2.42. The number of benzene rings is 2. The van der Waals surface area contributed by atoms with Gasteiger partial charge in [0.15, 0.2) is 0 Å². The standard InChI is InChI=1S/C20H26OSi2/c1-5-22(6-2,19-15-11-9-12-16-19)21-23(7-3,8-4)20-17-13-10-14-18-20/h5-6,9-18H,1-2,7-8H2,3-4H3. The summed E-state index contributed by atoms with van der Waals surface area (Å²) in [6, 6.07) is 23.3. The van der Waals surface area contributed by atoms with Crippen LogP contribution in [-0.2, 0) is 4.12 Å². The van der Waals surface area contributed by atoms with E-state index >= 15 is 0 Å². The molecule has 0 bridgehead atoms. The summed E-state index contributed by atoms with van der Waals surface area (Å²) < 4.78 is 7.04. The van der Waals surface area contributed by atoms with Crippen LogP contribution in [0.1, 0.15) is 13.8 Å². The molecule has 3 heteroatoms. The van der Waals surface area contributed by atoms with Gasteiger partial charge in [-0.05, 0) is 22.5 Å². The Morgan fingerprint density at radius 2 is 1.22 bits per heavy atom. The predicted octanol–water partition coefficient (Wildman–Crippen LogP) is 4.20. The summed E-state index contributed by atoms with van der Waals surface area (Å²) in [5.74, 6) is 0. The summed E-state index contributed by atoms with van der Waals surface area (Å²) in [6.45, 7) is 12.7. The summed E-state index contributed by atoms with van der Waals surface area (Å²) in [5.41, 5.74) is 4.04. The minimum Gasteiger partial charge on any atom is -0.442 e. The molecule has 0 aliphatic rings. The molecule has 23 heavy (non-hydrogen) atoms. The molecule has 0 aromatic heterocycles. The van der Waals surface area contributed by atoms with Crippen molar-refractivity contribution in [2.75, 3.05) is 0 Å². The molecule has 0 N–H and O–H groups in total. The van der Waals surface area contributed by atoms with E-state index in [-0.39, 0.29) is 0 Å². The van der Waals surface area contributed by atoms with Crippen molar-refractivity contribution in [3.8, 4) is 0 Å². The van der Waals surface area contributed by atoms with Gasteiger partial charge in [0.1, 0.15) is 0 Å². The Bertz CT molecular complexity index is 625. The fourth-order valence-corrected chi connectivity index (χ4v) is 11.9. The van der Waals surface area contributed by atoms with Crippen LogP contribution in [0.5, 0.6) is 0 Å². The quantitative estimate of drug-likeness (QED) is 0.656. The Kier molecular flexibility index (Phi) is 5.94. The lowest BCUT2D eigenvalue weighted by Crippen LogP contribution is -2.61. The molecular weight excluding hydrogens is 312 g/mol. The molecule has 0 heterocycles. The Labute approximate surface area is 142 Å². The molecular formula is C20H26OSi2. The van der Waals surface area contributed by atoms with Crippen molar-refractivity contribution in [1.29, 1.82) is 0 Å². The predicted molar refractivity (Wildman–Crippen MR) is 106 cm³/mol. The molecule has 0 fully saturated rings. The molecule has 0 aliphatic carbocycles. The van der Waals surface area contributed by atoms with Gasteiger partial charge in [0.2, 0.25) is 8.32 Å². The van der Waals surface area contributed by atoms with Crippen LogP contribution in [0.25, 0.3) is 0 Å². The third kappa shape index (κ3) is 3.47. The summed E-state index contributed by atoms with van der Waals surface area (Å²) in [7, 11) is -4.45. The van der Waals surface area contributed by atoms with Crippen LogP contribution < -0.4 is 10.4 Å². The lowest BCUT2D eigenvalue weighted by atomic mass is 10.4. The fraction of sp³-hybridized carbons (Fsp3) is 0.200. The van der Waals surface area contributed by atoms with E-state index in [9.17, 15) is 0 Å². The van der Waals surface area contributed by atoms with E-state index in [1.54, 1.807) is 0 Å². The zero-order valence-electron chi connectivity index (χ0n) is 14.2. The van der Waals surface area contributed by atoms with Gasteiger partial charge in [-0.2, -0.15) is 0 Å². The molecule has 0 unspecified atom stereocenters. The van der Waals surface area contributed by atoms with Crippen molar-refractivity contribution >= 4 is 27.0 Å². The average Bonchev–Trinajstić information content (AvgIpc) is 2.65. The first kappa shape index (κ1) is 17.7. The zero-order valence-corrected chi connectivity index (χ0v) is 16.2. The van der Waals surface area contributed by atoms with Gasteiger partial charge in [-0.25, -0.2) is 0 Å². The second-order valence-electron chi connectivity index (χ2n) is 5.74. The SMILES string of the molecule is C=C[Si](C=C)(O[Si](CC)(CC)c1ccccc1)c1ccccc1. The lowest BCUT2D eigenvalue weighted by Gasteiger charge is -2.39. The second kappa shape index (κ2) is 7.73. The first-order chi connectivity index (χ1) is 11.2. The van der Waals surface area contributed by atoms with Gasteiger partial charge in [0, 0.05) is 0 Å². The highest BCUT2D eigenvalue weighted by atomic mass is 28.4. The van der Waals surface area contributed by atoms with Crippen molar-refractivity contribution in [2.45, 2.75) is 25.9 Å². The number of rotatable bonds is 8. The van der Waals surface area contributed by atoms with E-state index in [0.29, 0.717) is 0 Å². The Balaban J connectivity index is 2.52. The van der Waals surface area contributed by atoms with Crippen molar-refractivity contribution in [2.24, 2.45) is 0 Å². The number of hydrogen-bond donors (Lipinski definition) is 0. The van der Waals surface area contributed by atoms with Gasteiger partial charge in [0.05, 0.1) is 0 Å². The van der Waals surface area contributed by atoms with Gasteiger partial charge >= 0.3 is 0 Å². The molecule has 0 amide bonds. The first-order valence-corrected chi connectivity index (χ1v) is 12.6. The summed E-state index contributed by atoms with van der Waals surface area (Å²) in [5, 5.41) is 2.58. The van der Waals surface area contributed by atoms with Crippen LogP contribution in [0, 0.1) is 0 Å². The third-order valence-electron chi connectivity index (χ3n) is 4.64. The minimum absolute atomic E-state index is 1.05. The summed E-state index contributed by atoms with van der Waals surface area (Å²) in [6.07, 6.45) is 0. The van der Waals surface area contributed by atoms with Crippen LogP contribution in [0.2, 0.25) is 12.1 Å². The van der Waals surface area contributed by atoms with E-state index < -0.39 is 16.6 Å². The molecule has 0 saturated carbocycles. The largest absolute Gasteiger partial charge is 0.442 e. The topological polar surface area (TPSA) is 9.23 Å². The van der Waals surface area contributed by atoms with Crippen LogP contribution >= 0.6 is 0 Å². The van der Waals surface area contributed by atoms with Crippen molar-refractivity contribution in [3.05, 3.63) is 85.2 Å². The van der Waals surface area contributed by atoms with Gasteiger partial charge in [0.25, 0.3) is 8.32 Å². The van der Waals surface area contributed by atoms with E-state index in [1.807, 2.05) is 17.5 Å². The molecule has 120 valence electrons. The maximum atomic E-state index is 7.04. The number of hydrogen-bond acceptors (Lipinski definition) is 1. The van der Waals surface area contributed by atoms with E-state index in [2.05, 4.69) is 81.6 Å². The Morgan fingerprint density at radius 1 is 0.783 bits per heavy atom. The van der Waals surface area contributed by atoms with Gasteiger partial charge in [-0.3, -0.25) is 0 Å². The smallest absolute Gasteiger partial charge is 0.262 e. The van der Waals surface area contributed by atoms with Crippen molar-refractivity contribution < 1.29 is 4.12 Å². The van der Waals surface area contributed by atoms with Crippen LogP contribution in [0.15, 0.2) is 85.2 Å². The third-order valence-corrected chi connectivity index (χ3v) is 13.7. The van der Waals surface area contributed by atoms with Crippen molar-refractivity contribution in [1.82, 2.24) is 0 Å². The molecule has 2 aromatic rings. The average molecular weight is 339 g/mol. The first-order valence-electron chi connectivity index (χ1n) is 8.24. The van der Waals surface area contributed by atoms with Gasteiger partial charge in [-0.1, -0.05) is 85.9 Å². The van der Waals surface area contributed by atoms with E-state index in [4.69, 9.17) is 4.12 Å². The Morgan fingerprint density at radius 3 is 1.61 bits per heavy atom. The molecule has 2 rings (SSSR count). The van der Waals surface area contributed by atoms with Crippen LogP contribution in [-0.4, -0.2) is 16.6 Å². The molecule has 1 nitrogen and oxygen atoms in total. The van der Waals surface area contributed by atoms with Gasteiger partial charge in [-0.15, -0.1) is 13.2 Å².